The zero-order valence-electron chi connectivity index (χ0n) is 13.8. The quantitative estimate of drug-likeness (QED) is 0.927. The van der Waals surface area contributed by atoms with Gasteiger partial charge in [-0.05, 0) is 56.7 Å². The molecule has 1 aliphatic carbocycles. The highest BCUT2D eigenvalue weighted by Crippen LogP contribution is 2.32. The number of nitrogens with zero attached hydrogens (tertiary/aromatic N) is 1. The van der Waals surface area contributed by atoms with Gasteiger partial charge in [0, 0.05) is 24.7 Å². The lowest BCUT2D eigenvalue weighted by atomic mass is 10.1. The molecule has 1 aromatic rings. The highest BCUT2D eigenvalue weighted by molar-refractivity contribution is 5.95. The normalized spacial score (nSPS) is 22.2. The van der Waals surface area contributed by atoms with Crippen LogP contribution in [0.25, 0.3) is 0 Å². The Morgan fingerprint density at radius 2 is 1.96 bits per heavy atom. The molecule has 1 saturated carbocycles. The average Bonchev–Trinajstić information content (AvgIpc) is 3.07. The molecule has 0 aromatic heterocycles. The lowest BCUT2D eigenvalue weighted by Crippen LogP contribution is -2.45. The topological polar surface area (TPSA) is 64.8 Å². The van der Waals surface area contributed by atoms with Crippen molar-refractivity contribution in [1.82, 2.24) is 4.90 Å². The van der Waals surface area contributed by atoms with E-state index in [0.29, 0.717) is 17.9 Å². The minimum Gasteiger partial charge on any atom is -0.493 e. The summed E-state index contributed by atoms with van der Waals surface area (Å²) in [7, 11) is 1.61. The summed E-state index contributed by atoms with van der Waals surface area (Å²) >= 11 is 0. The third-order valence-electron chi connectivity index (χ3n) is 4.75. The number of piperidine rings is 1. The lowest BCUT2D eigenvalue weighted by molar-refractivity contribution is 0.0708. The maximum atomic E-state index is 12.6. The number of rotatable bonds is 4. The summed E-state index contributed by atoms with van der Waals surface area (Å²) in [6, 6.07) is 5.55. The van der Waals surface area contributed by atoms with Crippen molar-refractivity contribution >= 4 is 5.91 Å². The molecular weight excluding hydrogens is 292 g/mol. The molecule has 2 fully saturated rings. The highest BCUT2D eigenvalue weighted by Gasteiger charge is 2.24. The molecule has 2 aliphatic rings. The molecule has 23 heavy (non-hydrogen) atoms. The summed E-state index contributed by atoms with van der Waals surface area (Å²) in [4.78, 5) is 14.5. The fraction of sp³-hybridized carbons (Fsp3) is 0.611. The van der Waals surface area contributed by atoms with E-state index in [4.69, 9.17) is 15.2 Å². The molecule has 0 spiro atoms. The molecule has 0 unspecified atom stereocenters. The van der Waals surface area contributed by atoms with Crippen molar-refractivity contribution in [3.63, 3.8) is 0 Å². The molecule has 126 valence electrons. The third kappa shape index (κ3) is 3.78. The Labute approximate surface area is 137 Å². The van der Waals surface area contributed by atoms with Crippen LogP contribution in [0.2, 0.25) is 0 Å². The van der Waals surface area contributed by atoms with Crippen LogP contribution in [0.1, 0.15) is 48.9 Å². The Morgan fingerprint density at radius 3 is 2.65 bits per heavy atom. The molecule has 5 heteroatoms. The predicted molar refractivity (Wildman–Crippen MR) is 89.0 cm³/mol. The van der Waals surface area contributed by atoms with Crippen molar-refractivity contribution in [2.75, 3.05) is 20.2 Å². The van der Waals surface area contributed by atoms with Crippen molar-refractivity contribution in [3.8, 4) is 11.5 Å². The van der Waals surface area contributed by atoms with Crippen LogP contribution in [-0.2, 0) is 0 Å². The van der Waals surface area contributed by atoms with Gasteiger partial charge in [-0.25, -0.2) is 0 Å². The Balaban J connectivity index is 1.73. The van der Waals surface area contributed by atoms with E-state index in [0.717, 1.165) is 38.0 Å². The zero-order valence-corrected chi connectivity index (χ0v) is 13.8. The number of ether oxygens (including phenoxy) is 2. The van der Waals surface area contributed by atoms with Gasteiger partial charge in [0.25, 0.3) is 5.91 Å². The van der Waals surface area contributed by atoms with E-state index in [1.165, 1.54) is 12.8 Å². The molecule has 1 saturated heterocycles. The molecule has 0 radical (unpaired) electrons. The van der Waals surface area contributed by atoms with Crippen LogP contribution in [0.4, 0.5) is 0 Å². The van der Waals surface area contributed by atoms with E-state index in [1.54, 1.807) is 13.2 Å². The van der Waals surface area contributed by atoms with Gasteiger partial charge in [0.05, 0.1) is 13.2 Å². The number of benzene rings is 1. The van der Waals surface area contributed by atoms with E-state index in [2.05, 4.69) is 0 Å². The third-order valence-corrected chi connectivity index (χ3v) is 4.75. The highest BCUT2D eigenvalue weighted by atomic mass is 16.5. The van der Waals surface area contributed by atoms with Gasteiger partial charge < -0.3 is 20.1 Å². The number of hydrogen-bond acceptors (Lipinski definition) is 4. The largest absolute Gasteiger partial charge is 0.493 e. The van der Waals surface area contributed by atoms with Gasteiger partial charge in [-0.2, -0.15) is 0 Å². The van der Waals surface area contributed by atoms with Gasteiger partial charge in [0.1, 0.15) is 0 Å². The molecule has 5 nitrogen and oxygen atoms in total. The Morgan fingerprint density at radius 1 is 1.17 bits per heavy atom. The molecule has 1 amide bonds. The van der Waals surface area contributed by atoms with Crippen LogP contribution >= 0.6 is 0 Å². The van der Waals surface area contributed by atoms with E-state index in [-0.39, 0.29) is 18.1 Å². The SMILES string of the molecule is COc1cc(C(=O)N2CCC[C@H](N)C2)ccc1OC1CCCC1. The smallest absolute Gasteiger partial charge is 0.254 e. The number of carbonyl (C=O) groups excluding carboxylic acids is 1. The molecule has 0 bridgehead atoms. The predicted octanol–water partition coefficient (Wildman–Crippen LogP) is 2.58. The summed E-state index contributed by atoms with van der Waals surface area (Å²) in [6.45, 7) is 1.40. The van der Waals surface area contributed by atoms with E-state index >= 15 is 0 Å². The number of hydrogen-bond donors (Lipinski definition) is 1. The minimum absolute atomic E-state index is 0.0193. The molecule has 1 heterocycles. The van der Waals surface area contributed by atoms with E-state index in [1.807, 2.05) is 17.0 Å². The van der Waals surface area contributed by atoms with E-state index in [9.17, 15) is 4.79 Å². The van der Waals surface area contributed by atoms with Crippen molar-refractivity contribution in [2.45, 2.75) is 50.7 Å². The second kappa shape index (κ2) is 7.21. The van der Waals surface area contributed by atoms with Crippen molar-refractivity contribution in [2.24, 2.45) is 5.73 Å². The van der Waals surface area contributed by atoms with Crippen LogP contribution in [0.3, 0.4) is 0 Å². The summed E-state index contributed by atoms with van der Waals surface area (Å²) in [5, 5.41) is 0. The number of likely N-dealkylation sites (tertiary alicyclic amines) is 1. The zero-order chi connectivity index (χ0) is 16.2. The standard InChI is InChI=1S/C18H26N2O3/c1-22-17-11-13(18(21)20-10-4-5-14(19)12-20)8-9-16(17)23-15-6-2-3-7-15/h8-9,11,14-15H,2-7,10,12,19H2,1H3/t14-/m0/s1. The molecule has 1 aliphatic heterocycles. The van der Waals surface area contributed by atoms with Crippen LogP contribution in [0.15, 0.2) is 18.2 Å². The first-order chi connectivity index (χ1) is 11.2. The second-order valence-electron chi connectivity index (χ2n) is 6.54. The monoisotopic (exact) mass is 318 g/mol. The minimum atomic E-state index is 0.0193. The molecule has 3 rings (SSSR count). The number of carbonyl (C=O) groups is 1. The Kier molecular flexibility index (Phi) is 5.06. The average molecular weight is 318 g/mol. The van der Waals surface area contributed by atoms with Crippen molar-refractivity contribution in [3.05, 3.63) is 23.8 Å². The van der Waals surface area contributed by atoms with Crippen LogP contribution in [-0.4, -0.2) is 43.2 Å². The van der Waals surface area contributed by atoms with Gasteiger partial charge in [-0.1, -0.05) is 0 Å². The van der Waals surface area contributed by atoms with E-state index < -0.39 is 0 Å². The number of amides is 1. The number of methoxy groups -OCH3 is 1. The molecule has 1 aromatic carbocycles. The summed E-state index contributed by atoms with van der Waals surface area (Å²) < 4.78 is 11.5. The Bertz CT molecular complexity index is 555. The van der Waals surface area contributed by atoms with Crippen LogP contribution in [0, 0.1) is 0 Å². The fourth-order valence-electron chi connectivity index (χ4n) is 3.46. The number of nitrogens with two attached hydrogens (primary N) is 1. The van der Waals surface area contributed by atoms with Gasteiger partial charge in [-0.15, -0.1) is 0 Å². The lowest BCUT2D eigenvalue weighted by Gasteiger charge is -2.31. The van der Waals surface area contributed by atoms with Crippen molar-refractivity contribution in [1.29, 1.82) is 0 Å². The summed E-state index contributed by atoms with van der Waals surface area (Å²) in [5.74, 6) is 1.38. The maximum absolute atomic E-state index is 12.6. The molecule has 1 atom stereocenters. The second-order valence-corrected chi connectivity index (χ2v) is 6.54. The summed E-state index contributed by atoms with van der Waals surface area (Å²) in [6.07, 6.45) is 6.85. The van der Waals surface area contributed by atoms with Gasteiger partial charge in [0.2, 0.25) is 0 Å². The van der Waals surface area contributed by atoms with Crippen molar-refractivity contribution < 1.29 is 14.3 Å². The first kappa shape index (κ1) is 16.1. The molecule has 2 N–H and O–H groups in total. The van der Waals surface area contributed by atoms with Crippen LogP contribution in [0.5, 0.6) is 11.5 Å². The molecular formula is C18H26N2O3. The maximum Gasteiger partial charge on any atom is 0.254 e. The van der Waals surface area contributed by atoms with Crippen LogP contribution < -0.4 is 15.2 Å². The summed E-state index contributed by atoms with van der Waals surface area (Å²) in [5.41, 5.74) is 6.61. The van der Waals surface area contributed by atoms with Gasteiger partial charge >= 0.3 is 0 Å². The first-order valence-electron chi connectivity index (χ1n) is 8.57. The van der Waals surface area contributed by atoms with Gasteiger partial charge in [-0.3, -0.25) is 4.79 Å². The van der Waals surface area contributed by atoms with Gasteiger partial charge in [0.15, 0.2) is 11.5 Å². The fourth-order valence-corrected chi connectivity index (χ4v) is 3.46. The Hall–Kier alpha value is -1.75. The first-order valence-corrected chi connectivity index (χ1v) is 8.57.